The van der Waals surface area contributed by atoms with Gasteiger partial charge in [-0.25, -0.2) is 4.98 Å². The summed E-state index contributed by atoms with van der Waals surface area (Å²) in [6.07, 6.45) is 1.79. The quantitative estimate of drug-likeness (QED) is 0.864. The molecular weight excluding hydrogens is 330 g/mol. The standard InChI is InChI=1S/C16H20BrN3O/c1-20(2)15(12-5-4-6-14(9-12)21-3)11-19-16-8-7-13(17)10-18-16/h4-10,15H,11H2,1-3H3,(H,18,19). The van der Waals surface area contributed by atoms with Gasteiger partial charge in [0.2, 0.25) is 0 Å². The maximum absolute atomic E-state index is 5.30. The van der Waals surface area contributed by atoms with Crippen LogP contribution in [-0.2, 0) is 0 Å². The molecule has 21 heavy (non-hydrogen) atoms. The van der Waals surface area contributed by atoms with Crippen LogP contribution < -0.4 is 10.1 Å². The highest BCUT2D eigenvalue weighted by atomic mass is 79.9. The van der Waals surface area contributed by atoms with Gasteiger partial charge in [-0.15, -0.1) is 0 Å². The van der Waals surface area contributed by atoms with Crippen molar-refractivity contribution in [3.63, 3.8) is 0 Å². The first-order chi connectivity index (χ1) is 10.1. The number of hydrogen-bond acceptors (Lipinski definition) is 4. The molecule has 1 N–H and O–H groups in total. The number of nitrogens with zero attached hydrogens (tertiary/aromatic N) is 2. The Morgan fingerprint density at radius 3 is 2.71 bits per heavy atom. The largest absolute Gasteiger partial charge is 0.497 e. The summed E-state index contributed by atoms with van der Waals surface area (Å²) < 4.78 is 6.28. The molecule has 4 nitrogen and oxygen atoms in total. The lowest BCUT2D eigenvalue weighted by molar-refractivity contribution is 0.310. The number of benzene rings is 1. The van der Waals surface area contributed by atoms with Gasteiger partial charge in [-0.2, -0.15) is 0 Å². The van der Waals surface area contributed by atoms with Gasteiger partial charge in [-0.05, 0) is 59.9 Å². The summed E-state index contributed by atoms with van der Waals surface area (Å²) in [5, 5.41) is 3.37. The predicted octanol–water partition coefficient (Wildman–Crippen LogP) is 3.57. The first-order valence-electron chi connectivity index (χ1n) is 6.76. The van der Waals surface area contributed by atoms with Gasteiger partial charge in [0.15, 0.2) is 0 Å². The van der Waals surface area contributed by atoms with Crippen LogP contribution in [0.2, 0.25) is 0 Å². The van der Waals surface area contributed by atoms with E-state index in [1.807, 2.05) is 24.3 Å². The smallest absolute Gasteiger partial charge is 0.126 e. The second-order valence-electron chi connectivity index (χ2n) is 5.00. The maximum Gasteiger partial charge on any atom is 0.126 e. The molecule has 1 atom stereocenters. The molecule has 1 aromatic carbocycles. The number of aromatic nitrogens is 1. The third-order valence-corrected chi connectivity index (χ3v) is 3.77. The molecule has 0 aliphatic carbocycles. The van der Waals surface area contributed by atoms with Gasteiger partial charge in [0.25, 0.3) is 0 Å². The van der Waals surface area contributed by atoms with Gasteiger partial charge < -0.3 is 15.0 Å². The number of halogens is 1. The van der Waals surface area contributed by atoms with Crippen LogP contribution >= 0.6 is 15.9 Å². The number of hydrogen-bond donors (Lipinski definition) is 1. The predicted molar refractivity (Wildman–Crippen MR) is 89.8 cm³/mol. The van der Waals surface area contributed by atoms with E-state index in [4.69, 9.17) is 4.74 Å². The molecule has 0 aliphatic heterocycles. The molecule has 0 aliphatic rings. The van der Waals surface area contributed by atoms with E-state index in [1.54, 1.807) is 13.3 Å². The van der Waals surface area contributed by atoms with E-state index in [0.29, 0.717) is 0 Å². The molecule has 1 heterocycles. The number of anilines is 1. The second-order valence-corrected chi connectivity index (χ2v) is 5.91. The van der Waals surface area contributed by atoms with Crippen LogP contribution in [0.1, 0.15) is 11.6 Å². The Morgan fingerprint density at radius 2 is 2.10 bits per heavy atom. The van der Waals surface area contributed by atoms with Crippen LogP contribution in [0.4, 0.5) is 5.82 Å². The van der Waals surface area contributed by atoms with E-state index in [9.17, 15) is 0 Å². The molecule has 5 heteroatoms. The van der Waals surface area contributed by atoms with E-state index < -0.39 is 0 Å². The normalized spacial score (nSPS) is 12.2. The minimum atomic E-state index is 0.241. The monoisotopic (exact) mass is 349 g/mol. The average molecular weight is 350 g/mol. The Labute approximate surface area is 134 Å². The van der Waals surface area contributed by atoms with Crippen molar-refractivity contribution in [1.29, 1.82) is 0 Å². The SMILES string of the molecule is COc1cccc(C(CNc2ccc(Br)cn2)N(C)C)c1. The van der Waals surface area contributed by atoms with Crippen molar-refractivity contribution < 1.29 is 4.74 Å². The Bertz CT molecular complexity index is 572. The molecule has 2 aromatic rings. The lowest BCUT2D eigenvalue weighted by Crippen LogP contribution is -2.27. The van der Waals surface area contributed by atoms with Gasteiger partial charge in [-0.3, -0.25) is 0 Å². The highest BCUT2D eigenvalue weighted by Gasteiger charge is 2.14. The van der Waals surface area contributed by atoms with Crippen LogP contribution in [0.25, 0.3) is 0 Å². The van der Waals surface area contributed by atoms with Crippen molar-refractivity contribution >= 4 is 21.7 Å². The molecule has 0 radical (unpaired) electrons. The highest BCUT2D eigenvalue weighted by Crippen LogP contribution is 2.23. The van der Waals surface area contributed by atoms with Gasteiger partial charge >= 0.3 is 0 Å². The summed E-state index contributed by atoms with van der Waals surface area (Å²) in [5.74, 6) is 1.74. The van der Waals surface area contributed by atoms with Crippen LogP contribution in [0.3, 0.4) is 0 Å². The highest BCUT2D eigenvalue weighted by molar-refractivity contribution is 9.10. The molecule has 0 saturated carbocycles. The van der Waals surface area contributed by atoms with Crippen LogP contribution in [-0.4, -0.2) is 37.6 Å². The number of likely N-dealkylation sites (N-methyl/N-ethyl adjacent to an activating group) is 1. The van der Waals surface area contributed by atoms with Crippen molar-refractivity contribution in [2.75, 3.05) is 33.1 Å². The second kappa shape index (κ2) is 7.43. The topological polar surface area (TPSA) is 37.4 Å². The van der Waals surface area contributed by atoms with Gasteiger partial charge in [0, 0.05) is 17.2 Å². The van der Waals surface area contributed by atoms with E-state index in [2.05, 4.69) is 57.4 Å². The minimum Gasteiger partial charge on any atom is -0.497 e. The summed E-state index contributed by atoms with van der Waals surface area (Å²) >= 11 is 3.39. The third-order valence-electron chi connectivity index (χ3n) is 3.31. The molecule has 0 spiro atoms. The first-order valence-corrected chi connectivity index (χ1v) is 7.55. The lowest BCUT2D eigenvalue weighted by Gasteiger charge is -2.25. The van der Waals surface area contributed by atoms with Crippen molar-refractivity contribution in [2.24, 2.45) is 0 Å². The number of pyridine rings is 1. The van der Waals surface area contributed by atoms with Gasteiger partial charge in [0.1, 0.15) is 11.6 Å². The van der Waals surface area contributed by atoms with Crippen LogP contribution in [0, 0.1) is 0 Å². The van der Waals surface area contributed by atoms with Crippen molar-refractivity contribution in [3.8, 4) is 5.75 Å². The van der Waals surface area contributed by atoms with Crippen molar-refractivity contribution in [2.45, 2.75) is 6.04 Å². The molecule has 1 aromatic heterocycles. The number of rotatable bonds is 6. The summed E-state index contributed by atoms with van der Waals surface area (Å²) in [4.78, 5) is 6.52. The fourth-order valence-corrected chi connectivity index (χ4v) is 2.36. The maximum atomic E-state index is 5.30. The van der Waals surface area contributed by atoms with E-state index in [1.165, 1.54) is 5.56 Å². The summed E-state index contributed by atoms with van der Waals surface area (Å²) in [7, 11) is 5.83. The summed E-state index contributed by atoms with van der Waals surface area (Å²) in [5.41, 5.74) is 1.21. The van der Waals surface area contributed by atoms with Crippen molar-refractivity contribution in [3.05, 3.63) is 52.6 Å². The Hall–Kier alpha value is -1.59. The molecule has 112 valence electrons. The zero-order valence-electron chi connectivity index (χ0n) is 12.5. The molecular formula is C16H20BrN3O. The van der Waals surface area contributed by atoms with E-state index in [-0.39, 0.29) is 6.04 Å². The van der Waals surface area contributed by atoms with E-state index in [0.717, 1.165) is 22.6 Å². The minimum absolute atomic E-state index is 0.241. The van der Waals surface area contributed by atoms with E-state index >= 15 is 0 Å². The van der Waals surface area contributed by atoms with Gasteiger partial charge in [0.05, 0.1) is 13.2 Å². The fraction of sp³-hybridized carbons (Fsp3) is 0.312. The fourth-order valence-electron chi connectivity index (χ4n) is 2.13. The first kappa shape index (κ1) is 15.8. The van der Waals surface area contributed by atoms with Gasteiger partial charge in [-0.1, -0.05) is 12.1 Å². The summed E-state index contributed by atoms with van der Waals surface area (Å²) in [6, 6.07) is 12.3. The van der Waals surface area contributed by atoms with Crippen LogP contribution in [0.5, 0.6) is 5.75 Å². The Morgan fingerprint density at radius 1 is 1.29 bits per heavy atom. The van der Waals surface area contributed by atoms with Crippen LogP contribution in [0.15, 0.2) is 47.1 Å². The number of nitrogens with one attached hydrogen (secondary N) is 1. The molecule has 0 saturated heterocycles. The lowest BCUT2D eigenvalue weighted by atomic mass is 10.1. The average Bonchev–Trinajstić information content (AvgIpc) is 2.49. The number of methoxy groups -OCH3 is 1. The van der Waals surface area contributed by atoms with Crippen molar-refractivity contribution in [1.82, 2.24) is 9.88 Å². The summed E-state index contributed by atoms with van der Waals surface area (Å²) in [6.45, 7) is 0.773. The number of ether oxygens (including phenoxy) is 1. The molecule has 0 bridgehead atoms. The molecule has 1 unspecified atom stereocenters. The Balaban J connectivity index is 2.10. The third kappa shape index (κ3) is 4.44. The Kier molecular flexibility index (Phi) is 5.59. The molecule has 0 fully saturated rings. The molecule has 0 amide bonds. The zero-order valence-corrected chi connectivity index (χ0v) is 14.1. The zero-order chi connectivity index (χ0) is 15.2. The molecule has 2 rings (SSSR count).